The van der Waals surface area contributed by atoms with Crippen LogP contribution in [0.1, 0.15) is 24.4 Å². The molecular formula is C12H13ClF3NO2. The number of alkyl halides is 3. The minimum absolute atomic E-state index is 0.167. The summed E-state index contributed by atoms with van der Waals surface area (Å²) < 4.78 is 40.0. The number of aliphatic hydroxyl groups excluding tert-OH is 1. The number of nitrogens with two attached hydrogens (primary N) is 1. The fourth-order valence-corrected chi connectivity index (χ4v) is 2.09. The maximum atomic E-state index is 12.1. The normalized spacial score (nSPS) is 19.1. The Morgan fingerprint density at radius 3 is 2.47 bits per heavy atom. The smallest absolute Gasteiger partial charge is 0.404 e. The molecule has 0 aliphatic heterocycles. The maximum Gasteiger partial charge on any atom is 0.573 e. The second-order valence-corrected chi connectivity index (χ2v) is 5.00. The van der Waals surface area contributed by atoms with Gasteiger partial charge in [0.15, 0.2) is 0 Å². The molecule has 2 atom stereocenters. The van der Waals surface area contributed by atoms with Gasteiger partial charge >= 0.3 is 6.36 Å². The molecule has 2 rings (SSSR count). The van der Waals surface area contributed by atoms with Crippen molar-refractivity contribution in [2.45, 2.75) is 31.3 Å². The predicted octanol–water partition coefficient (Wildman–Crippen LogP) is 3.01. The van der Waals surface area contributed by atoms with Crippen molar-refractivity contribution in [3.8, 4) is 5.75 Å². The molecule has 0 aromatic heterocycles. The monoisotopic (exact) mass is 295 g/mol. The Bertz CT molecular complexity index is 463. The lowest BCUT2D eigenvalue weighted by atomic mass is 9.99. The summed E-state index contributed by atoms with van der Waals surface area (Å²) in [6.45, 7) is 0. The summed E-state index contributed by atoms with van der Waals surface area (Å²) in [6.07, 6.45) is -3.67. The number of hydrogen-bond donors (Lipinski definition) is 2. The van der Waals surface area contributed by atoms with Gasteiger partial charge in [-0.25, -0.2) is 0 Å². The molecule has 0 radical (unpaired) electrons. The summed E-state index contributed by atoms with van der Waals surface area (Å²) in [7, 11) is 0. The van der Waals surface area contributed by atoms with E-state index < -0.39 is 24.3 Å². The van der Waals surface area contributed by atoms with Crippen LogP contribution >= 0.6 is 11.6 Å². The molecule has 106 valence electrons. The van der Waals surface area contributed by atoms with Gasteiger partial charge in [0.1, 0.15) is 5.75 Å². The van der Waals surface area contributed by atoms with E-state index in [1.807, 2.05) is 0 Å². The van der Waals surface area contributed by atoms with E-state index in [1.54, 1.807) is 0 Å². The van der Waals surface area contributed by atoms with E-state index in [2.05, 4.69) is 4.74 Å². The number of aliphatic hydroxyl groups is 1. The standard InChI is InChI=1S/C12H13ClF3NO2/c13-8-5-7(10(17)11(18)6-1-2-6)3-4-9(8)19-12(14,15)16/h3-6,10-11,18H,1-2,17H2/t10-,11+/m1/s1. The molecule has 1 aromatic carbocycles. The molecule has 0 unspecified atom stereocenters. The summed E-state index contributed by atoms with van der Waals surface area (Å²) in [5, 5.41) is 9.69. The summed E-state index contributed by atoms with van der Waals surface area (Å²) in [5.74, 6) is -0.314. The predicted molar refractivity (Wildman–Crippen MR) is 63.8 cm³/mol. The van der Waals surface area contributed by atoms with Gasteiger partial charge in [0.05, 0.1) is 17.2 Å². The molecule has 1 fully saturated rings. The van der Waals surface area contributed by atoms with Crippen molar-refractivity contribution in [1.29, 1.82) is 0 Å². The summed E-state index contributed by atoms with van der Waals surface area (Å²) in [6, 6.07) is 3.11. The van der Waals surface area contributed by atoms with Crippen LogP contribution in [-0.2, 0) is 0 Å². The number of ether oxygens (including phenoxy) is 1. The first kappa shape index (κ1) is 14.4. The zero-order valence-corrected chi connectivity index (χ0v) is 10.6. The second-order valence-electron chi connectivity index (χ2n) is 4.59. The molecular weight excluding hydrogens is 283 g/mol. The highest BCUT2D eigenvalue weighted by molar-refractivity contribution is 6.32. The number of hydrogen-bond acceptors (Lipinski definition) is 3. The summed E-state index contributed by atoms with van der Waals surface area (Å²) in [5.41, 5.74) is 6.34. The molecule has 0 saturated heterocycles. The Kier molecular flexibility index (Phi) is 3.94. The minimum Gasteiger partial charge on any atom is -0.404 e. The fraction of sp³-hybridized carbons (Fsp3) is 0.500. The Hall–Kier alpha value is -0.980. The van der Waals surface area contributed by atoms with Gasteiger partial charge in [0.2, 0.25) is 0 Å². The second kappa shape index (κ2) is 5.19. The largest absolute Gasteiger partial charge is 0.573 e. The van der Waals surface area contributed by atoms with E-state index in [9.17, 15) is 18.3 Å². The van der Waals surface area contributed by atoms with Gasteiger partial charge in [0, 0.05) is 0 Å². The lowest BCUT2D eigenvalue weighted by Gasteiger charge is -2.19. The first-order valence-corrected chi connectivity index (χ1v) is 6.14. The lowest BCUT2D eigenvalue weighted by Crippen LogP contribution is -2.27. The van der Waals surface area contributed by atoms with Crippen molar-refractivity contribution in [3.63, 3.8) is 0 Å². The Morgan fingerprint density at radius 1 is 1.37 bits per heavy atom. The maximum absolute atomic E-state index is 12.1. The van der Waals surface area contributed by atoms with Crippen LogP contribution in [0.5, 0.6) is 5.75 Å². The van der Waals surface area contributed by atoms with Crippen LogP contribution in [0.3, 0.4) is 0 Å². The van der Waals surface area contributed by atoms with Crippen molar-refractivity contribution in [3.05, 3.63) is 28.8 Å². The molecule has 3 nitrogen and oxygen atoms in total. The van der Waals surface area contributed by atoms with E-state index in [1.165, 1.54) is 12.1 Å². The third kappa shape index (κ3) is 3.75. The van der Waals surface area contributed by atoms with Crippen LogP contribution in [-0.4, -0.2) is 17.6 Å². The van der Waals surface area contributed by atoms with Crippen LogP contribution in [0, 0.1) is 5.92 Å². The van der Waals surface area contributed by atoms with E-state index in [0.717, 1.165) is 18.9 Å². The molecule has 0 spiro atoms. The third-order valence-corrected chi connectivity index (χ3v) is 3.33. The van der Waals surface area contributed by atoms with Crippen LogP contribution in [0.2, 0.25) is 5.02 Å². The first-order valence-electron chi connectivity index (χ1n) is 5.77. The van der Waals surface area contributed by atoms with Crippen LogP contribution in [0.25, 0.3) is 0 Å². The zero-order chi connectivity index (χ0) is 14.2. The molecule has 19 heavy (non-hydrogen) atoms. The van der Waals surface area contributed by atoms with Gasteiger partial charge in [-0.15, -0.1) is 13.2 Å². The summed E-state index contributed by atoms with van der Waals surface area (Å²) >= 11 is 5.72. The average molecular weight is 296 g/mol. The van der Waals surface area contributed by atoms with Crippen molar-refractivity contribution >= 4 is 11.6 Å². The zero-order valence-electron chi connectivity index (χ0n) is 9.82. The highest BCUT2D eigenvalue weighted by Gasteiger charge is 2.35. The van der Waals surface area contributed by atoms with Gasteiger partial charge in [-0.3, -0.25) is 0 Å². The third-order valence-electron chi connectivity index (χ3n) is 3.04. The number of benzene rings is 1. The first-order chi connectivity index (χ1) is 8.78. The Labute approximate surface area is 113 Å². The molecule has 0 bridgehead atoms. The van der Waals surface area contributed by atoms with Crippen molar-refractivity contribution < 1.29 is 23.0 Å². The minimum atomic E-state index is -4.79. The molecule has 1 aromatic rings. The fourth-order valence-electron chi connectivity index (χ4n) is 1.86. The topological polar surface area (TPSA) is 55.5 Å². The lowest BCUT2D eigenvalue weighted by molar-refractivity contribution is -0.274. The van der Waals surface area contributed by atoms with Crippen molar-refractivity contribution in [2.75, 3.05) is 0 Å². The van der Waals surface area contributed by atoms with E-state index in [-0.39, 0.29) is 10.9 Å². The number of halogens is 4. The molecule has 7 heteroatoms. The molecule has 3 N–H and O–H groups in total. The van der Waals surface area contributed by atoms with Gasteiger partial charge in [-0.2, -0.15) is 0 Å². The van der Waals surface area contributed by atoms with Gasteiger partial charge in [0.25, 0.3) is 0 Å². The molecule has 0 heterocycles. The Balaban J connectivity index is 2.13. The molecule has 1 aliphatic rings. The molecule has 1 aliphatic carbocycles. The van der Waals surface area contributed by atoms with E-state index in [4.69, 9.17) is 17.3 Å². The highest BCUT2D eigenvalue weighted by atomic mass is 35.5. The van der Waals surface area contributed by atoms with Gasteiger partial charge in [-0.1, -0.05) is 17.7 Å². The van der Waals surface area contributed by atoms with Crippen LogP contribution < -0.4 is 10.5 Å². The van der Waals surface area contributed by atoms with Gasteiger partial charge < -0.3 is 15.6 Å². The quantitative estimate of drug-likeness (QED) is 0.898. The van der Waals surface area contributed by atoms with E-state index >= 15 is 0 Å². The highest BCUT2D eigenvalue weighted by Crippen LogP contribution is 2.38. The van der Waals surface area contributed by atoms with Crippen LogP contribution in [0.15, 0.2) is 18.2 Å². The average Bonchev–Trinajstić information content (AvgIpc) is 3.12. The van der Waals surface area contributed by atoms with Crippen LogP contribution in [0.4, 0.5) is 13.2 Å². The molecule has 1 saturated carbocycles. The number of rotatable bonds is 4. The van der Waals surface area contributed by atoms with Gasteiger partial charge in [-0.05, 0) is 36.5 Å². The van der Waals surface area contributed by atoms with Crippen molar-refractivity contribution in [2.24, 2.45) is 11.7 Å². The Morgan fingerprint density at radius 2 is 2.00 bits per heavy atom. The molecule has 0 amide bonds. The van der Waals surface area contributed by atoms with E-state index in [0.29, 0.717) is 5.56 Å². The SMILES string of the molecule is N[C@H](c1ccc(OC(F)(F)F)c(Cl)c1)[C@@H](O)C1CC1. The summed E-state index contributed by atoms with van der Waals surface area (Å²) in [4.78, 5) is 0. The van der Waals surface area contributed by atoms with Crippen molar-refractivity contribution in [1.82, 2.24) is 0 Å².